The van der Waals surface area contributed by atoms with Crippen LogP contribution in [0.1, 0.15) is 35.2 Å². The van der Waals surface area contributed by atoms with E-state index in [0.29, 0.717) is 22.7 Å². The number of amides is 1. The summed E-state index contributed by atoms with van der Waals surface area (Å²) in [5.41, 5.74) is 4.02. The first-order chi connectivity index (χ1) is 17.3. The van der Waals surface area contributed by atoms with Gasteiger partial charge in [-0.3, -0.25) is 14.5 Å². The van der Waals surface area contributed by atoms with Gasteiger partial charge in [0.25, 0.3) is 5.78 Å². The van der Waals surface area contributed by atoms with Crippen LogP contribution in [0.5, 0.6) is 5.75 Å². The van der Waals surface area contributed by atoms with Crippen LogP contribution in [-0.2, 0) is 16.0 Å². The van der Waals surface area contributed by atoms with Crippen molar-refractivity contribution in [1.29, 1.82) is 0 Å². The van der Waals surface area contributed by atoms with Crippen LogP contribution >= 0.6 is 27.3 Å². The Morgan fingerprint density at radius 3 is 2.67 bits per heavy atom. The number of halogens is 1. The molecule has 3 aromatic carbocycles. The van der Waals surface area contributed by atoms with Crippen LogP contribution in [-0.4, -0.2) is 27.9 Å². The number of aryl methyl sites for hydroxylation is 1. The minimum absolute atomic E-state index is 0.0460. The lowest BCUT2D eigenvalue weighted by atomic mass is 9.94. The van der Waals surface area contributed by atoms with Crippen LogP contribution in [0.3, 0.4) is 0 Å². The van der Waals surface area contributed by atoms with Crippen LogP contribution in [0.25, 0.3) is 16.0 Å². The monoisotopic (exact) mass is 560 g/mol. The lowest BCUT2D eigenvalue weighted by Gasteiger charge is -2.23. The van der Waals surface area contributed by atoms with E-state index in [4.69, 9.17) is 4.74 Å². The summed E-state index contributed by atoms with van der Waals surface area (Å²) >= 11 is 4.80. The number of ketones is 1. The number of carbonyl (C=O) groups excluding carboxylic acids is 2. The topological polar surface area (TPSA) is 79.7 Å². The fraction of sp³-hybridized carbons (Fsp3) is 0.179. The molecule has 0 spiro atoms. The Balaban J connectivity index is 1.53. The van der Waals surface area contributed by atoms with Gasteiger partial charge in [0.15, 0.2) is 5.13 Å². The summed E-state index contributed by atoms with van der Waals surface area (Å²) in [7, 11) is 0. The zero-order valence-corrected chi connectivity index (χ0v) is 21.9. The zero-order valence-electron chi connectivity index (χ0n) is 19.5. The molecule has 3 heterocycles. The normalized spacial score (nSPS) is 20.7. The number of aliphatic hydroxyl groups is 1. The van der Waals surface area contributed by atoms with E-state index in [0.717, 1.165) is 31.6 Å². The molecule has 0 aliphatic carbocycles. The first-order valence-corrected chi connectivity index (χ1v) is 13.1. The van der Waals surface area contributed by atoms with E-state index >= 15 is 0 Å². The standard InChI is InChI=1S/C28H21BrN2O4S/c1-14-3-9-20-22(11-14)36-28(30-20)31-24(16-4-7-19(29)8-5-16)23(26(33)27(31)34)25(32)17-6-10-21-18(13-17)12-15(2)35-21/h3-11,13,15,24,32H,12H2,1-2H3/b25-23+. The van der Waals surface area contributed by atoms with Gasteiger partial charge in [0.05, 0.1) is 21.8 Å². The first kappa shape index (κ1) is 22.9. The maximum Gasteiger partial charge on any atom is 0.301 e. The Morgan fingerprint density at radius 2 is 1.89 bits per heavy atom. The Labute approximate surface area is 220 Å². The van der Waals surface area contributed by atoms with Crippen molar-refractivity contribution >= 4 is 60.1 Å². The molecular weight excluding hydrogens is 540 g/mol. The average molecular weight is 561 g/mol. The molecule has 1 fully saturated rings. The number of carbonyl (C=O) groups is 2. The molecule has 1 N–H and O–H groups in total. The summed E-state index contributed by atoms with van der Waals surface area (Å²) in [4.78, 5) is 33.0. The van der Waals surface area contributed by atoms with Gasteiger partial charge in [-0.25, -0.2) is 4.98 Å². The summed E-state index contributed by atoms with van der Waals surface area (Å²) < 4.78 is 7.57. The number of Topliss-reactive ketones (excluding diaryl/α,β-unsaturated/α-hetero) is 1. The number of aromatic nitrogens is 1. The number of thiazole rings is 1. The van der Waals surface area contributed by atoms with Crippen LogP contribution in [0.4, 0.5) is 5.13 Å². The van der Waals surface area contributed by atoms with Crippen LogP contribution in [0.15, 0.2) is 70.7 Å². The number of hydrogen-bond acceptors (Lipinski definition) is 6. The number of nitrogens with zero attached hydrogens (tertiary/aromatic N) is 2. The quantitative estimate of drug-likeness (QED) is 0.180. The zero-order chi connectivity index (χ0) is 25.1. The van der Waals surface area contributed by atoms with Crippen LogP contribution in [0.2, 0.25) is 0 Å². The lowest BCUT2D eigenvalue weighted by Crippen LogP contribution is -2.29. The molecule has 8 heteroatoms. The minimum atomic E-state index is -0.816. The smallest absolute Gasteiger partial charge is 0.301 e. The largest absolute Gasteiger partial charge is 0.507 e. The van der Waals surface area contributed by atoms with E-state index < -0.39 is 17.7 Å². The number of fused-ring (bicyclic) bond motifs is 2. The van der Waals surface area contributed by atoms with E-state index in [1.807, 2.05) is 62.4 Å². The van der Waals surface area contributed by atoms with Crippen molar-refractivity contribution in [2.45, 2.75) is 32.4 Å². The van der Waals surface area contributed by atoms with E-state index in [9.17, 15) is 14.7 Å². The molecule has 1 amide bonds. The summed E-state index contributed by atoms with van der Waals surface area (Å²) in [6.07, 6.45) is 0.764. The molecule has 6 rings (SSSR count). The predicted molar refractivity (Wildman–Crippen MR) is 144 cm³/mol. The molecule has 1 aromatic heterocycles. The van der Waals surface area contributed by atoms with Crippen LogP contribution in [0, 0.1) is 6.92 Å². The fourth-order valence-corrected chi connectivity index (χ4v) is 6.19. The van der Waals surface area contributed by atoms with Crippen molar-refractivity contribution in [2.75, 3.05) is 4.90 Å². The molecule has 2 aliphatic heterocycles. The number of rotatable bonds is 3. The van der Waals surface area contributed by atoms with E-state index in [1.165, 1.54) is 16.2 Å². The molecule has 180 valence electrons. The highest BCUT2D eigenvalue weighted by atomic mass is 79.9. The Bertz CT molecular complexity index is 1590. The summed E-state index contributed by atoms with van der Waals surface area (Å²) in [5, 5.41) is 11.9. The third-order valence-corrected chi connectivity index (χ3v) is 8.08. The third kappa shape index (κ3) is 3.72. The number of hydrogen-bond donors (Lipinski definition) is 1. The third-order valence-electron chi connectivity index (χ3n) is 6.54. The summed E-state index contributed by atoms with van der Waals surface area (Å²) in [6, 6.07) is 17.8. The van der Waals surface area contributed by atoms with Gasteiger partial charge in [0.2, 0.25) is 0 Å². The number of ether oxygens (including phenoxy) is 1. The Morgan fingerprint density at radius 1 is 1.11 bits per heavy atom. The van der Waals surface area contributed by atoms with Gasteiger partial charge in [-0.05, 0) is 73.0 Å². The van der Waals surface area contributed by atoms with Gasteiger partial charge in [-0.2, -0.15) is 0 Å². The Kier molecular flexibility index (Phi) is 5.46. The first-order valence-electron chi connectivity index (χ1n) is 11.5. The molecule has 2 unspecified atom stereocenters. The van der Waals surface area contributed by atoms with Crippen LogP contribution < -0.4 is 9.64 Å². The molecule has 0 radical (unpaired) electrons. The van der Waals surface area contributed by atoms with Gasteiger partial charge >= 0.3 is 5.91 Å². The molecular formula is C28H21BrN2O4S. The van der Waals surface area contributed by atoms with E-state index in [2.05, 4.69) is 20.9 Å². The molecule has 1 saturated heterocycles. The Hall–Kier alpha value is -3.49. The molecule has 4 aromatic rings. The molecule has 36 heavy (non-hydrogen) atoms. The maximum absolute atomic E-state index is 13.4. The highest BCUT2D eigenvalue weighted by molar-refractivity contribution is 9.10. The second-order valence-electron chi connectivity index (χ2n) is 9.14. The molecule has 6 nitrogen and oxygen atoms in total. The average Bonchev–Trinajstić information content (AvgIpc) is 3.51. The molecule has 0 saturated carbocycles. The second-order valence-corrected chi connectivity index (χ2v) is 11.1. The van der Waals surface area contributed by atoms with Gasteiger partial charge in [0, 0.05) is 16.5 Å². The highest BCUT2D eigenvalue weighted by Gasteiger charge is 2.48. The van der Waals surface area contributed by atoms with Gasteiger partial charge in [0.1, 0.15) is 17.6 Å². The maximum atomic E-state index is 13.4. The molecule has 2 atom stereocenters. The molecule has 0 bridgehead atoms. The highest BCUT2D eigenvalue weighted by Crippen LogP contribution is 2.45. The van der Waals surface area contributed by atoms with Crippen molar-refractivity contribution in [3.63, 3.8) is 0 Å². The SMILES string of the molecule is Cc1ccc2nc(N3C(=O)C(=O)/C(=C(/O)c4ccc5c(c4)CC(C)O5)C3c3ccc(Br)cc3)sc2c1. The van der Waals surface area contributed by atoms with Gasteiger partial charge in [-0.15, -0.1) is 0 Å². The van der Waals surface area contributed by atoms with Crippen molar-refractivity contribution < 1.29 is 19.4 Å². The van der Waals surface area contributed by atoms with Crippen molar-refractivity contribution in [1.82, 2.24) is 4.98 Å². The van der Waals surface area contributed by atoms with E-state index in [-0.39, 0.29) is 17.4 Å². The van der Waals surface area contributed by atoms with Crippen molar-refractivity contribution in [2.24, 2.45) is 0 Å². The summed E-state index contributed by atoms with van der Waals surface area (Å²) in [5.74, 6) is -0.879. The molecule has 2 aliphatic rings. The fourth-order valence-electron chi connectivity index (χ4n) is 4.84. The van der Waals surface area contributed by atoms with Gasteiger partial charge in [-0.1, -0.05) is 45.5 Å². The second kappa shape index (κ2) is 8.57. The predicted octanol–water partition coefficient (Wildman–Crippen LogP) is 6.32. The van der Waals surface area contributed by atoms with Gasteiger partial charge < -0.3 is 9.84 Å². The lowest BCUT2D eigenvalue weighted by molar-refractivity contribution is -0.132. The minimum Gasteiger partial charge on any atom is -0.507 e. The van der Waals surface area contributed by atoms with Crippen molar-refractivity contribution in [3.05, 3.63) is 93.0 Å². The van der Waals surface area contributed by atoms with Crippen molar-refractivity contribution in [3.8, 4) is 5.75 Å². The summed E-state index contributed by atoms with van der Waals surface area (Å²) in [6.45, 7) is 3.98. The number of benzene rings is 3. The van der Waals surface area contributed by atoms with E-state index in [1.54, 1.807) is 12.1 Å². The number of aliphatic hydroxyl groups excluding tert-OH is 1. The number of anilines is 1.